The second-order valence-electron chi connectivity index (χ2n) is 5.38. The van der Waals surface area contributed by atoms with Gasteiger partial charge in [-0.05, 0) is 17.7 Å². The van der Waals surface area contributed by atoms with Gasteiger partial charge in [-0.2, -0.15) is 0 Å². The number of hydrogen-bond donors (Lipinski definition) is 3. The molecule has 0 heterocycles. The Balaban J connectivity index is 2.49. The number of aliphatic carboxylic acids is 1. The monoisotopic (exact) mass is 328 g/mol. The first kappa shape index (κ1) is 16.1. The molecular weight excluding hydrogens is 308 g/mol. The summed E-state index contributed by atoms with van der Waals surface area (Å²) < 4.78 is 1.06. The van der Waals surface area contributed by atoms with Crippen LogP contribution in [0.3, 0.4) is 0 Å². The number of carboxylic acids is 1. The number of carboxylic acid groups (broad SMARTS) is 1. The first-order chi connectivity index (χ1) is 8.81. The van der Waals surface area contributed by atoms with Crippen LogP contribution in [0.25, 0.3) is 0 Å². The molecule has 4 nitrogen and oxygen atoms in total. The van der Waals surface area contributed by atoms with Crippen LogP contribution in [0, 0.1) is 0 Å². The number of carbonyl (C=O) groups is 1. The van der Waals surface area contributed by atoms with E-state index in [0.29, 0.717) is 6.54 Å². The zero-order valence-corrected chi connectivity index (χ0v) is 12.9. The lowest BCUT2D eigenvalue weighted by Gasteiger charge is -2.26. The molecule has 19 heavy (non-hydrogen) atoms. The van der Waals surface area contributed by atoms with E-state index in [2.05, 4.69) is 47.2 Å². The molecule has 1 atom stereocenters. The average Bonchev–Trinajstić information content (AvgIpc) is 2.27. The molecule has 4 N–H and O–H groups in total. The molecule has 0 bridgehead atoms. The van der Waals surface area contributed by atoms with Crippen LogP contribution in [0.2, 0.25) is 0 Å². The normalized spacial score (nSPS) is 13.3. The van der Waals surface area contributed by atoms with E-state index in [4.69, 9.17) is 10.8 Å². The van der Waals surface area contributed by atoms with E-state index in [1.165, 1.54) is 5.56 Å². The Morgan fingerprint density at radius 2 is 2.21 bits per heavy atom. The predicted octanol–water partition coefficient (Wildman–Crippen LogP) is 2.12. The van der Waals surface area contributed by atoms with Gasteiger partial charge in [0, 0.05) is 29.0 Å². The van der Waals surface area contributed by atoms with Gasteiger partial charge in [-0.3, -0.25) is 4.79 Å². The van der Waals surface area contributed by atoms with E-state index < -0.39 is 5.97 Å². The van der Waals surface area contributed by atoms with E-state index in [9.17, 15) is 4.79 Å². The highest BCUT2D eigenvalue weighted by Gasteiger charge is 2.20. The van der Waals surface area contributed by atoms with Crippen molar-refractivity contribution in [2.45, 2.75) is 31.7 Å². The second kappa shape index (κ2) is 7.03. The van der Waals surface area contributed by atoms with E-state index >= 15 is 0 Å². The smallest absolute Gasteiger partial charge is 0.304 e. The molecule has 0 aromatic heterocycles. The molecule has 0 aliphatic heterocycles. The lowest BCUT2D eigenvalue weighted by molar-refractivity contribution is -0.137. The molecule has 106 valence electrons. The zero-order chi connectivity index (χ0) is 14.5. The third-order valence-corrected chi connectivity index (χ3v) is 3.51. The summed E-state index contributed by atoms with van der Waals surface area (Å²) in [6.45, 7) is 5.54. The van der Waals surface area contributed by atoms with Crippen LogP contribution in [0.5, 0.6) is 0 Å². The minimum absolute atomic E-state index is 0.00961. The summed E-state index contributed by atoms with van der Waals surface area (Å²) in [6.07, 6.45) is -0.00961. The molecular formula is C14H21BrN2O2. The summed E-state index contributed by atoms with van der Waals surface area (Å²) in [7, 11) is 0. The van der Waals surface area contributed by atoms with E-state index in [1.54, 1.807) is 0 Å². The summed E-state index contributed by atoms with van der Waals surface area (Å²) in [5.74, 6) is -0.861. The Hall–Kier alpha value is -0.910. The first-order valence-corrected chi connectivity index (χ1v) is 7.05. The van der Waals surface area contributed by atoms with Crippen LogP contribution in [0.1, 0.15) is 25.8 Å². The number of nitrogens with two attached hydrogens (primary N) is 1. The fraction of sp³-hybridized carbons (Fsp3) is 0.500. The van der Waals surface area contributed by atoms with Crippen molar-refractivity contribution in [2.75, 3.05) is 13.1 Å². The first-order valence-electron chi connectivity index (χ1n) is 6.25. The Morgan fingerprint density at radius 1 is 1.53 bits per heavy atom. The fourth-order valence-corrected chi connectivity index (χ4v) is 2.28. The van der Waals surface area contributed by atoms with Gasteiger partial charge in [0.25, 0.3) is 0 Å². The maximum Gasteiger partial charge on any atom is 0.304 e. The van der Waals surface area contributed by atoms with E-state index in [0.717, 1.165) is 11.0 Å². The minimum Gasteiger partial charge on any atom is -0.481 e. The van der Waals surface area contributed by atoms with Crippen LogP contribution in [-0.2, 0) is 10.2 Å². The molecule has 0 saturated carbocycles. The molecule has 0 amide bonds. The molecule has 0 radical (unpaired) electrons. The minimum atomic E-state index is -0.861. The molecule has 1 rings (SSSR count). The van der Waals surface area contributed by atoms with Gasteiger partial charge in [0.05, 0.1) is 6.42 Å². The number of halogens is 1. The maximum absolute atomic E-state index is 10.5. The Kier molecular flexibility index (Phi) is 5.97. The highest BCUT2D eigenvalue weighted by Crippen LogP contribution is 2.24. The fourth-order valence-electron chi connectivity index (χ4n) is 1.88. The molecule has 0 fully saturated rings. The highest BCUT2D eigenvalue weighted by atomic mass is 79.9. The maximum atomic E-state index is 10.5. The number of hydrogen-bond acceptors (Lipinski definition) is 3. The average molecular weight is 329 g/mol. The van der Waals surface area contributed by atoms with Crippen LogP contribution in [0.15, 0.2) is 28.7 Å². The van der Waals surface area contributed by atoms with Gasteiger partial charge in [0.15, 0.2) is 0 Å². The summed E-state index contributed by atoms with van der Waals surface area (Å²) in [5.41, 5.74) is 6.90. The molecule has 0 aliphatic carbocycles. The molecule has 1 aromatic rings. The lowest BCUT2D eigenvalue weighted by atomic mass is 9.84. The van der Waals surface area contributed by atoms with Crippen molar-refractivity contribution in [1.29, 1.82) is 0 Å². The van der Waals surface area contributed by atoms with Crippen molar-refractivity contribution in [1.82, 2.24) is 5.32 Å². The molecule has 0 aliphatic rings. The van der Waals surface area contributed by atoms with Gasteiger partial charge < -0.3 is 16.2 Å². The molecule has 1 unspecified atom stereocenters. The van der Waals surface area contributed by atoms with Gasteiger partial charge in [-0.15, -0.1) is 0 Å². The number of nitrogens with one attached hydrogen (secondary N) is 1. The molecule has 5 heteroatoms. The third-order valence-electron chi connectivity index (χ3n) is 3.02. The third kappa shape index (κ3) is 5.72. The largest absolute Gasteiger partial charge is 0.481 e. The van der Waals surface area contributed by atoms with Gasteiger partial charge in [-0.1, -0.05) is 41.9 Å². The number of rotatable bonds is 7. The highest BCUT2D eigenvalue weighted by molar-refractivity contribution is 9.10. The van der Waals surface area contributed by atoms with Crippen LogP contribution in [0.4, 0.5) is 0 Å². The van der Waals surface area contributed by atoms with Crippen molar-refractivity contribution in [3.05, 3.63) is 34.3 Å². The second-order valence-corrected chi connectivity index (χ2v) is 6.30. The Bertz CT molecular complexity index is 435. The van der Waals surface area contributed by atoms with Crippen molar-refractivity contribution >= 4 is 21.9 Å². The van der Waals surface area contributed by atoms with Crippen molar-refractivity contribution in [2.24, 2.45) is 5.73 Å². The lowest BCUT2D eigenvalue weighted by Crippen LogP contribution is -2.41. The SMILES string of the molecule is CC(C)(CNCC(N)CC(=O)O)c1cccc(Br)c1. The summed E-state index contributed by atoms with van der Waals surface area (Å²) in [4.78, 5) is 10.5. The van der Waals surface area contributed by atoms with Gasteiger partial charge in [-0.25, -0.2) is 0 Å². The predicted molar refractivity (Wildman–Crippen MR) is 80.3 cm³/mol. The topological polar surface area (TPSA) is 75.3 Å². The quantitative estimate of drug-likeness (QED) is 0.716. The summed E-state index contributed by atoms with van der Waals surface area (Å²) in [6, 6.07) is 7.84. The van der Waals surface area contributed by atoms with Crippen molar-refractivity contribution in [3.8, 4) is 0 Å². The van der Waals surface area contributed by atoms with E-state index in [-0.39, 0.29) is 17.9 Å². The standard InChI is InChI=1S/C14H21BrN2O2/c1-14(2,10-4-3-5-11(15)6-10)9-17-8-12(16)7-13(18)19/h3-6,12,17H,7-9,16H2,1-2H3,(H,18,19). The Morgan fingerprint density at radius 3 is 2.79 bits per heavy atom. The molecule has 1 aromatic carbocycles. The van der Waals surface area contributed by atoms with Gasteiger partial charge in [0.2, 0.25) is 0 Å². The summed E-state index contributed by atoms with van der Waals surface area (Å²) in [5, 5.41) is 11.9. The van der Waals surface area contributed by atoms with Crippen LogP contribution >= 0.6 is 15.9 Å². The summed E-state index contributed by atoms with van der Waals surface area (Å²) >= 11 is 3.47. The van der Waals surface area contributed by atoms with Crippen LogP contribution < -0.4 is 11.1 Å². The zero-order valence-electron chi connectivity index (χ0n) is 11.3. The van der Waals surface area contributed by atoms with Crippen molar-refractivity contribution < 1.29 is 9.90 Å². The van der Waals surface area contributed by atoms with Gasteiger partial charge >= 0.3 is 5.97 Å². The van der Waals surface area contributed by atoms with Crippen molar-refractivity contribution in [3.63, 3.8) is 0 Å². The van der Waals surface area contributed by atoms with Gasteiger partial charge in [0.1, 0.15) is 0 Å². The van der Waals surface area contributed by atoms with Crippen LogP contribution in [-0.4, -0.2) is 30.2 Å². The Labute approximate surface area is 122 Å². The molecule has 0 spiro atoms. The number of benzene rings is 1. The van der Waals surface area contributed by atoms with E-state index in [1.807, 2.05) is 12.1 Å². The molecule has 0 saturated heterocycles.